The Hall–Kier alpha value is 0.270. The molecule has 0 saturated carbocycles. The van der Waals surface area contributed by atoms with Gasteiger partial charge >= 0.3 is 0 Å². The van der Waals surface area contributed by atoms with E-state index in [-0.39, 0.29) is 6.10 Å². The van der Waals surface area contributed by atoms with E-state index in [9.17, 15) is 5.11 Å². The summed E-state index contributed by atoms with van der Waals surface area (Å²) in [6.45, 7) is 1.00. The van der Waals surface area contributed by atoms with Gasteiger partial charge in [0.25, 0.3) is 0 Å². The normalized spacial score (nSPS) is 45.0. The van der Waals surface area contributed by atoms with Crippen LogP contribution in [0.5, 0.6) is 0 Å². The molecule has 11 heavy (non-hydrogen) atoms. The fourth-order valence-corrected chi connectivity index (χ4v) is 3.47. The first-order valence-corrected chi connectivity index (χ1v) is 5.47. The van der Waals surface area contributed by atoms with Crippen molar-refractivity contribution in [3.05, 3.63) is 0 Å². The Bertz CT molecular complexity index is 145. The van der Waals surface area contributed by atoms with Crippen LogP contribution in [-0.2, 0) is 0 Å². The van der Waals surface area contributed by atoms with Gasteiger partial charge in [-0.25, -0.2) is 0 Å². The van der Waals surface area contributed by atoms with Gasteiger partial charge in [-0.1, -0.05) is 0 Å². The second-order valence-electron chi connectivity index (χ2n) is 3.66. The fourth-order valence-electron chi connectivity index (χ4n) is 2.04. The SMILES string of the molecule is OC1CCNC2(CCSC2)C1. The molecule has 0 radical (unpaired) electrons. The predicted molar refractivity (Wildman–Crippen MR) is 47.9 cm³/mol. The van der Waals surface area contributed by atoms with E-state index in [1.165, 1.54) is 17.9 Å². The number of thioether (sulfide) groups is 1. The number of aliphatic hydroxyl groups excluding tert-OH is 1. The van der Waals surface area contributed by atoms with Crippen LogP contribution < -0.4 is 5.32 Å². The number of hydrogen-bond donors (Lipinski definition) is 2. The topological polar surface area (TPSA) is 32.3 Å². The van der Waals surface area contributed by atoms with E-state index in [4.69, 9.17) is 0 Å². The van der Waals surface area contributed by atoms with Crippen molar-refractivity contribution >= 4 is 11.8 Å². The minimum atomic E-state index is -0.0463. The van der Waals surface area contributed by atoms with E-state index >= 15 is 0 Å². The molecule has 0 aromatic rings. The molecule has 0 aromatic carbocycles. The Kier molecular flexibility index (Phi) is 2.12. The average Bonchev–Trinajstić information content (AvgIpc) is 2.37. The van der Waals surface area contributed by atoms with Crippen molar-refractivity contribution in [3.8, 4) is 0 Å². The van der Waals surface area contributed by atoms with Crippen LogP contribution in [0.2, 0.25) is 0 Å². The van der Waals surface area contributed by atoms with Gasteiger partial charge in [0.1, 0.15) is 0 Å². The molecule has 0 aromatic heterocycles. The van der Waals surface area contributed by atoms with E-state index in [0.717, 1.165) is 19.4 Å². The molecular weight excluding hydrogens is 158 g/mol. The van der Waals surface area contributed by atoms with Gasteiger partial charge < -0.3 is 10.4 Å². The van der Waals surface area contributed by atoms with Crippen molar-refractivity contribution < 1.29 is 5.11 Å². The lowest BCUT2D eigenvalue weighted by molar-refractivity contribution is 0.0871. The van der Waals surface area contributed by atoms with Crippen molar-refractivity contribution in [2.45, 2.75) is 30.9 Å². The summed E-state index contributed by atoms with van der Waals surface area (Å²) in [6, 6.07) is 0. The van der Waals surface area contributed by atoms with Crippen LogP contribution in [0.1, 0.15) is 19.3 Å². The summed E-state index contributed by atoms with van der Waals surface area (Å²) < 4.78 is 0. The van der Waals surface area contributed by atoms with Crippen molar-refractivity contribution in [3.63, 3.8) is 0 Å². The highest BCUT2D eigenvalue weighted by molar-refractivity contribution is 7.99. The molecule has 2 nitrogen and oxygen atoms in total. The van der Waals surface area contributed by atoms with Crippen molar-refractivity contribution in [2.24, 2.45) is 0 Å². The molecular formula is C8H15NOS. The summed E-state index contributed by atoms with van der Waals surface area (Å²) in [5.41, 5.74) is 0.308. The second-order valence-corrected chi connectivity index (χ2v) is 4.76. The standard InChI is InChI=1S/C8H15NOS/c10-7-1-3-9-8(5-7)2-4-11-6-8/h7,9-10H,1-6H2. The predicted octanol–water partition coefficient (Wildman–Crippen LogP) is 0.606. The third kappa shape index (κ3) is 1.55. The van der Waals surface area contributed by atoms with Crippen LogP contribution in [0.4, 0.5) is 0 Å². The molecule has 2 unspecified atom stereocenters. The molecule has 2 fully saturated rings. The summed E-state index contributed by atoms with van der Waals surface area (Å²) in [5, 5.41) is 13.0. The molecule has 3 heteroatoms. The van der Waals surface area contributed by atoms with E-state index in [1.807, 2.05) is 11.8 Å². The minimum absolute atomic E-state index is 0.0463. The maximum Gasteiger partial charge on any atom is 0.0570 e. The Labute approximate surface area is 71.7 Å². The Morgan fingerprint density at radius 3 is 3.09 bits per heavy atom. The molecule has 1 spiro atoms. The molecule has 0 amide bonds. The first-order valence-electron chi connectivity index (χ1n) is 4.32. The third-order valence-electron chi connectivity index (χ3n) is 2.71. The van der Waals surface area contributed by atoms with E-state index in [0.29, 0.717) is 5.54 Å². The van der Waals surface area contributed by atoms with Crippen LogP contribution in [0.15, 0.2) is 0 Å². The smallest absolute Gasteiger partial charge is 0.0570 e. The number of hydrogen-bond acceptors (Lipinski definition) is 3. The van der Waals surface area contributed by atoms with Gasteiger partial charge in [0.2, 0.25) is 0 Å². The molecule has 64 valence electrons. The largest absolute Gasteiger partial charge is 0.393 e. The third-order valence-corrected chi connectivity index (χ3v) is 3.96. The molecule has 2 N–H and O–H groups in total. The molecule has 2 aliphatic rings. The molecule has 0 bridgehead atoms. The van der Waals surface area contributed by atoms with Gasteiger partial charge in [-0.15, -0.1) is 0 Å². The van der Waals surface area contributed by atoms with Gasteiger partial charge in [-0.05, 0) is 31.6 Å². The molecule has 2 aliphatic heterocycles. The highest BCUT2D eigenvalue weighted by Gasteiger charge is 2.38. The van der Waals surface area contributed by atoms with Crippen LogP contribution in [0, 0.1) is 0 Å². The number of aliphatic hydroxyl groups is 1. The second kappa shape index (κ2) is 2.96. The zero-order valence-electron chi connectivity index (χ0n) is 6.68. The van der Waals surface area contributed by atoms with E-state index in [2.05, 4.69) is 5.32 Å². The van der Waals surface area contributed by atoms with Crippen molar-refractivity contribution in [2.75, 3.05) is 18.1 Å². The van der Waals surface area contributed by atoms with Crippen LogP contribution in [-0.4, -0.2) is 34.8 Å². The quantitative estimate of drug-likeness (QED) is 0.563. The highest BCUT2D eigenvalue weighted by Crippen LogP contribution is 2.34. The first-order chi connectivity index (χ1) is 5.31. The molecule has 2 atom stereocenters. The monoisotopic (exact) mass is 173 g/mol. The maximum absolute atomic E-state index is 9.49. The molecule has 2 saturated heterocycles. The lowest BCUT2D eigenvalue weighted by Crippen LogP contribution is -2.52. The Morgan fingerprint density at radius 1 is 1.55 bits per heavy atom. The van der Waals surface area contributed by atoms with Crippen molar-refractivity contribution in [1.82, 2.24) is 5.32 Å². The van der Waals surface area contributed by atoms with Crippen LogP contribution in [0.25, 0.3) is 0 Å². The Morgan fingerprint density at radius 2 is 2.45 bits per heavy atom. The fraction of sp³-hybridized carbons (Fsp3) is 1.00. The van der Waals surface area contributed by atoms with Crippen LogP contribution in [0.3, 0.4) is 0 Å². The van der Waals surface area contributed by atoms with Gasteiger partial charge in [0.15, 0.2) is 0 Å². The van der Waals surface area contributed by atoms with Gasteiger partial charge in [-0.3, -0.25) is 0 Å². The van der Waals surface area contributed by atoms with Crippen molar-refractivity contribution in [1.29, 1.82) is 0 Å². The number of rotatable bonds is 0. The summed E-state index contributed by atoms with van der Waals surface area (Å²) in [5.74, 6) is 2.46. The zero-order valence-corrected chi connectivity index (χ0v) is 7.49. The number of piperidine rings is 1. The molecule has 2 rings (SSSR count). The summed E-state index contributed by atoms with van der Waals surface area (Å²) >= 11 is 2.01. The summed E-state index contributed by atoms with van der Waals surface area (Å²) in [7, 11) is 0. The molecule has 0 aliphatic carbocycles. The summed E-state index contributed by atoms with van der Waals surface area (Å²) in [6.07, 6.45) is 3.11. The molecule has 2 heterocycles. The van der Waals surface area contributed by atoms with E-state index in [1.54, 1.807) is 0 Å². The lowest BCUT2D eigenvalue weighted by atomic mass is 9.87. The van der Waals surface area contributed by atoms with Crippen LogP contribution >= 0.6 is 11.8 Å². The average molecular weight is 173 g/mol. The Balaban J connectivity index is 2.00. The maximum atomic E-state index is 9.49. The number of nitrogens with one attached hydrogen (secondary N) is 1. The highest BCUT2D eigenvalue weighted by atomic mass is 32.2. The van der Waals surface area contributed by atoms with Gasteiger partial charge in [0.05, 0.1) is 6.10 Å². The van der Waals surface area contributed by atoms with Gasteiger partial charge in [0, 0.05) is 11.3 Å². The lowest BCUT2D eigenvalue weighted by Gasteiger charge is -2.36. The van der Waals surface area contributed by atoms with Gasteiger partial charge in [-0.2, -0.15) is 11.8 Å². The van der Waals surface area contributed by atoms with E-state index < -0.39 is 0 Å². The summed E-state index contributed by atoms with van der Waals surface area (Å²) in [4.78, 5) is 0. The minimum Gasteiger partial charge on any atom is -0.393 e. The first kappa shape index (κ1) is 7.90. The zero-order chi connectivity index (χ0) is 7.73.